The van der Waals surface area contributed by atoms with Crippen LogP contribution in [0.3, 0.4) is 0 Å². The third kappa shape index (κ3) is 2.80. The molecule has 0 spiro atoms. The van der Waals surface area contributed by atoms with E-state index in [1.54, 1.807) is 6.07 Å². The highest BCUT2D eigenvalue weighted by molar-refractivity contribution is 7.19. The van der Waals surface area contributed by atoms with Crippen LogP contribution in [0.1, 0.15) is 26.5 Å². The molecule has 4 nitrogen and oxygen atoms in total. The lowest BCUT2D eigenvalue weighted by molar-refractivity contribution is 0.0683. The van der Waals surface area contributed by atoms with Crippen molar-refractivity contribution in [3.8, 4) is 0 Å². The second-order valence-corrected chi connectivity index (χ2v) is 6.81. The highest BCUT2D eigenvalue weighted by Crippen LogP contribution is 2.28. The number of carbonyl (C=O) groups is 1. The largest absolute Gasteiger partial charge is 0.477 e. The van der Waals surface area contributed by atoms with Gasteiger partial charge in [-0.1, -0.05) is 30.3 Å². The number of rotatable bonds is 4. The van der Waals surface area contributed by atoms with Crippen LogP contribution < -0.4 is 5.56 Å². The Hall–Kier alpha value is -2.40. The molecular formula is C18H17NO3S. The summed E-state index contributed by atoms with van der Waals surface area (Å²) >= 11 is 1.47. The molecule has 0 aliphatic rings. The Morgan fingerprint density at radius 3 is 2.57 bits per heavy atom. The molecule has 0 amide bonds. The molecule has 0 radical (unpaired) electrons. The van der Waals surface area contributed by atoms with Crippen molar-refractivity contribution in [1.82, 2.24) is 4.57 Å². The summed E-state index contributed by atoms with van der Waals surface area (Å²) < 4.78 is 2.13. The maximum atomic E-state index is 12.8. The summed E-state index contributed by atoms with van der Waals surface area (Å²) in [4.78, 5) is 25.4. The number of carboxylic acid groups (broad SMARTS) is 1. The predicted molar refractivity (Wildman–Crippen MR) is 92.7 cm³/mol. The number of aryl methyl sites for hydroxylation is 3. The SMILES string of the molecule is Cc1sc2cc(C(=O)O)n(CCc3ccccc3)c(=O)c2c1C. The van der Waals surface area contributed by atoms with Crippen LogP contribution in [0.4, 0.5) is 0 Å². The number of pyridine rings is 1. The van der Waals surface area contributed by atoms with E-state index in [9.17, 15) is 14.7 Å². The number of aromatic nitrogens is 1. The number of thiophene rings is 1. The summed E-state index contributed by atoms with van der Waals surface area (Å²) in [6.45, 7) is 4.22. The van der Waals surface area contributed by atoms with Crippen LogP contribution in [0.2, 0.25) is 0 Å². The van der Waals surface area contributed by atoms with Gasteiger partial charge >= 0.3 is 5.97 Å². The van der Waals surface area contributed by atoms with Crippen molar-refractivity contribution in [2.24, 2.45) is 0 Å². The van der Waals surface area contributed by atoms with Gasteiger partial charge in [-0.15, -0.1) is 11.3 Å². The molecule has 5 heteroatoms. The number of benzene rings is 1. The summed E-state index contributed by atoms with van der Waals surface area (Å²) in [5, 5.41) is 10.1. The van der Waals surface area contributed by atoms with Crippen LogP contribution in [0, 0.1) is 13.8 Å². The number of nitrogens with zero attached hydrogens (tertiary/aromatic N) is 1. The van der Waals surface area contributed by atoms with E-state index in [4.69, 9.17) is 0 Å². The molecule has 3 aromatic rings. The Kier molecular flexibility index (Phi) is 4.05. The van der Waals surface area contributed by atoms with Crippen LogP contribution in [-0.2, 0) is 13.0 Å². The number of fused-ring (bicyclic) bond motifs is 1. The molecule has 0 fully saturated rings. The molecule has 0 aliphatic carbocycles. The van der Waals surface area contributed by atoms with Gasteiger partial charge in [-0.05, 0) is 37.5 Å². The third-order valence-electron chi connectivity index (χ3n) is 4.12. The Bertz CT molecular complexity index is 938. The first-order chi connectivity index (χ1) is 11.0. The fraction of sp³-hybridized carbons (Fsp3) is 0.222. The molecule has 23 heavy (non-hydrogen) atoms. The Morgan fingerprint density at radius 2 is 1.91 bits per heavy atom. The Labute approximate surface area is 137 Å². The molecule has 0 bridgehead atoms. The van der Waals surface area contributed by atoms with Gasteiger partial charge in [0.15, 0.2) is 0 Å². The first kappa shape index (κ1) is 15.5. The van der Waals surface area contributed by atoms with Gasteiger partial charge in [0.1, 0.15) is 5.69 Å². The van der Waals surface area contributed by atoms with E-state index < -0.39 is 5.97 Å². The summed E-state index contributed by atoms with van der Waals surface area (Å²) in [6.07, 6.45) is 0.620. The van der Waals surface area contributed by atoms with Crippen molar-refractivity contribution in [3.05, 3.63) is 68.4 Å². The maximum absolute atomic E-state index is 12.8. The lowest BCUT2D eigenvalue weighted by atomic mass is 10.1. The molecule has 0 saturated carbocycles. The van der Waals surface area contributed by atoms with Gasteiger partial charge in [0.2, 0.25) is 0 Å². The molecule has 0 aliphatic heterocycles. The summed E-state index contributed by atoms with van der Waals surface area (Å²) in [7, 11) is 0. The normalized spacial score (nSPS) is 11.0. The van der Waals surface area contributed by atoms with Crippen molar-refractivity contribution in [2.75, 3.05) is 0 Å². The van der Waals surface area contributed by atoms with Gasteiger partial charge in [0.05, 0.1) is 5.39 Å². The topological polar surface area (TPSA) is 59.3 Å². The third-order valence-corrected chi connectivity index (χ3v) is 5.27. The zero-order valence-corrected chi connectivity index (χ0v) is 13.8. The fourth-order valence-electron chi connectivity index (χ4n) is 2.75. The van der Waals surface area contributed by atoms with E-state index in [-0.39, 0.29) is 11.3 Å². The smallest absolute Gasteiger partial charge is 0.352 e. The predicted octanol–water partition coefficient (Wildman–Crippen LogP) is 3.62. The summed E-state index contributed by atoms with van der Waals surface area (Å²) in [6, 6.07) is 11.4. The molecular weight excluding hydrogens is 310 g/mol. The van der Waals surface area contributed by atoms with E-state index in [1.165, 1.54) is 15.9 Å². The van der Waals surface area contributed by atoms with E-state index in [0.29, 0.717) is 18.4 Å². The van der Waals surface area contributed by atoms with Crippen LogP contribution in [-0.4, -0.2) is 15.6 Å². The molecule has 1 aromatic carbocycles. The van der Waals surface area contributed by atoms with Gasteiger partial charge in [-0.3, -0.25) is 4.79 Å². The van der Waals surface area contributed by atoms with Gasteiger partial charge in [0, 0.05) is 16.1 Å². The lowest BCUT2D eigenvalue weighted by Crippen LogP contribution is -2.27. The molecule has 3 rings (SSSR count). The number of hydrogen-bond donors (Lipinski definition) is 1. The first-order valence-electron chi connectivity index (χ1n) is 7.40. The van der Waals surface area contributed by atoms with Crippen molar-refractivity contribution < 1.29 is 9.90 Å². The highest BCUT2D eigenvalue weighted by atomic mass is 32.1. The fourth-order valence-corrected chi connectivity index (χ4v) is 3.85. The monoisotopic (exact) mass is 327 g/mol. The molecule has 0 unspecified atom stereocenters. The minimum absolute atomic E-state index is 0.0553. The molecule has 2 aromatic heterocycles. The Balaban J connectivity index is 2.12. The quantitative estimate of drug-likeness (QED) is 0.796. The zero-order chi connectivity index (χ0) is 16.6. The number of aromatic carboxylic acids is 1. The van der Waals surface area contributed by atoms with Crippen LogP contribution in [0.25, 0.3) is 10.1 Å². The molecule has 0 atom stereocenters. The highest BCUT2D eigenvalue weighted by Gasteiger charge is 2.18. The summed E-state index contributed by atoms with van der Waals surface area (Å²) in [5.74, 6) is -1.07. The van der Waals surface area contributed by atoms with E-state index in [2.05, 4.69) is 0 Å². The Morgan fingerprint density at radius 1 is 1.22 bits per heavy atom. The molecule has 2 heterocycles. The maximum Gasteiger partial charge on any atom is 0.352 e. The second-order valence-electron chi connectivity index (χ2n) is 5.55. The van der Waals surface area contributed by atoms with Crippen LogP contribution in [0.5, 0.6) is 0 Å². The first-order valence-corrected chi connectivity index (χ1v) is 8.21. The average Bonchev–Trinajstić information content (AvgIpc) is 2.82. The number of carboxylic acids is 1. The van der Waals surface area contributed by atoms with E-state index >= 15 is 0 Å². The zero-order valence-electron chi connectivity index (χ0n) is 13.0. The number of hydrogen-bond acceptors (Lipinski definition) is 3. The van der Waals surface area contributed by atoms with Gasteiger partial charge < -0.3 is 9.67 Å². The van der Waals surface area contributed by atoms with Crippen molar-refractivity contribution in [1.29, 1.82) is 0 Å². The molecule has 118 valence electrons. The van der Waals surface area contributed by atoms with Gasteiger partial charge in [-0.25, -0.2) is 4.79 Å². The second kappa shape index (κ2) is 6.01. The molecule has 0 saturated heterocycles. The minimum Gasteiger partial charge on any atom is -0.477 e. The van der Waals surface area contributed by atoms with E-state index in [0.717, 1.165) is 20.7 Å². The minimum atomic E-state index is -1.07. The van der Waals surface area contributed by atoms with Gasteiger partial charge in [-0.2, -0.15) is 0 Å². The van der Waals surface area contributed by atoms with Crippen molar-refractivity contribution >= 4 is 27.4 Å². The standard InChI is InChI=1S/C18H17NO3S/c1-11-12(2)23-15-10-14(18(21)22)19(17(20)16(11)15)9-8-13-6-4-3-5-7-13/h3-7,10H,8-9H2,1-2H3,(H,21,22). The van der Waals surface area contributed by atoms with Crippen molar-refractivity contribution in [2.45, 2.75) is 26.8 Å². The van der Waals surface area contributed by atoms with E-state index in [1.807, 2.05) is 44.2 Å². The van der Waals surface area contributed by atoms with Gasteiger partial charge in [0.25, 0.3) is 5.56 Å². The van der Waals surface area contributed by atoms with Crippen LogP contribution >= 0.6 is 11.3 Å². The average molecular weight is 327 g/mol. The lowest BCUT2D eigenvalue weighted by Gasteiger charge is -2.11. The van der Waals surface area contributed by atoms with Crippen LogP contribution in [0.15, 0.2) is 41.2 Å². The molecule has 1 N–H and O–H groups in total. The summed E-state index contributed by atoms with van der Waals surface area (Å²) in [5.41, 5.74) is 1.87. The van der Waals surface area contributed by atoms with Crippen molar-refractivity contribution in [3.63, 3.8) is 0 Å².